The number of nitrogens with zero attached hydrogens (tertiary/aromatic N) is 1. The van der Waals surface area contributed by atoms with Gasteiger partial charge in [0.25, 0.3) is 0 Å². The number of hydrogen-bond acceptors (Lipinski definition) is 4. The highest BCUT2D eigenvalue weighted by atomic mass is 32.2. The standard InChI is InChI=1S/C13H18N2OS/c1-10(13(9-16)17-2)15-8-12-5-3-4-11(6-12)7-14/h3-6,10,13,15-16H,8-9H2,1-2H3. The van der Waals surface area contributed by atoms with Gasteiger partial charge in [-0.2, -0.15) is 17.0 Å². The Morgan fingerprint density at radius 2 is 2.29 bits per heavy atom. The van der Waals surface area contributed by atoms with Gasteiger partial charge in [-0.15, -0.1) is 0 Å². The van der Waals surface area contributed by atoms with Gasteiger partial charge in [0.05, 0.1) is 18.2 Å². The lowest BCUT2D eigenvalue weighted by molar-refractivity contribution is 0.276. The van der Waals surface area contributed by atoms with Crippen LogP contribution in [0, 0.1) is 11.3 Å². The molecule has 0 spiro atoms. The second kappa shape index (κ2) is 7.33. The topological polar surface area (TPSA) is 56.0 Å². The third kappa shape index (κ3) is 4.39. The van der Waals surface area contributed by atoms with Crippen LogP contribution >= 0.6 is 11.8 Å². The van der Waals surface area contributed by atoms with Crippen LogP contribution in [0.3, 0.4) is 0 Å². The van der Waals surface area contributed by atoms with Crippen LogP contribution in [0.4, 0.5) is 0 Å². The Kier molecular flexibility index (Phi) is 6.06. The Hall–Kier alpha value is -1.02. The first-order valence-corrected chi connectivity index (χ1v) is 6.86. The molecule has 2 unspecified atom stereocenters. The molecule has 92 valence electrons. The minimum absolute atomic E-state index is 0.174. The van der Waals surface area contributed by atoms with Gasteiger partial charge in [-0.1, -0.05) is 12.1 Å². The average Bonchev–Trinajstić information content (AvgIpc) is 2.38. The van der Waals surface area contributed by atoms with E-state index in [1.54, 1.807) is 17.8 Å². The highest BCUT2D eigenvalue weighted by Gasteiger charge is 2.14. The van der Waals surface area contributed by atoms with Crippen molar-refractivity contribution in [2.75, 3.05) is 12.9 Å². The van der Waals surface area contributed by atoms with E-state index in [2.05, 4.69) is 18.3 Å². The fourth-order valence-electron chi connectivity index (χ4n) is 1.60. The quantitative estimate of drug-likeness (QED) is 0.808. The van der Waals surface area contributed by atoms with Gasteiger partial charge < -0.3 is 10.4 Å². The molecule has 0 radical (unpaired) electrons. The maximum atomic E-state index is 9.17. The van der Waals surface area contributed by atoms with Gasteiger partial charge >= 0.3 is 0 Å². The molecule has 0 aliphatic carbocycles. The van der Waals surface area contributed by atoms with Crippen LogP contribution in [0.5, 0.6) is 0 Å². The molecular formula is C13H18N2OS. The number of nitrogens with one attached hydrogen (secondary N) is 1. The molecule has 0 heterocycles. The van der Waals surface area contributed by atoms with Crippen LogP contribution in [0.2, 0.25) is 0 Å². The van der Waals surface area contributed by atoms with Gasteiger partial charge in [-0.05, 0) is 30.9 Å². The maximum Gasteiger partial charge on any atom is 0.0991 e. The number of rotatable bonds is 6. The first-order chi connectivity index (χ1) is 8.21. The van der Waals surface area contributed by atoms with E-state index in [0.29, 0.717) is 12.1 Å². The summed E-state index contributed by atoms with van der Waals surface area (Å²) in [6.45, 7) is 2.95. The molecule has 1 rings (SSSR count). The number of nitriles is 1. The average molecular weight is 250 g/mol. The Balaban J connectivity index is 2.52. The molecule has 2 N–H and O–H groups in total. The summed E-state index contributed by atoms with van der Waals surface area (Å²) in [5, 5.41) is 21.5. The monoisotopic (exact) mass is 250 g/mol. The van der Waals surface area contributed by atoms with E-state index in [1.807, 2.05) is 24.5 Å². The third-order valence-electron chi connectivity index (χ3n) is 2.72. The van der Waals surface area contributed by atoms with Crippen molar-refractivity contribution >= 4 is 11.8 Å². The second-order valence-electron chi connectivity index (χ2n) is 3.94. The predicted octanol–water partition coefficient (Wildman–Crippen LogP) is 1.76. The zero-order valence-corrected chi connectivity index (χ0v) is 11.0. The highest BCUT2D eigenvalue weighted by molar-refractivity contribution is 7.99. The maximum absolute atomic E-state index is 9.17. The smallest absolute Gasteiger partial charge is 0.0991 e. The van der Waals surface area contributed by atoms with E-state index in [1.165, 1.54) is 0 Å². The minimum Gasteiger partial charge on any atom is -0.395 e. The number of aliphatic hydroxyl groups is 1. The van der Waals surface area contributed by atoms with Crippen molar-refractivity contribution in [1.29, 1.82) is 5.26 Å². The molecule has 0 bridgehead atoms. The van der Waals surface area contributed by atoms with Gasteiger partial charge in [-0.3, -0.25) is 0 Å². The van der Waals surface area contributed by atoms with Crippen LogP contribution in [0.15, 0.2) is 24.3 Å². The van der Waals surface area contributed by atoms with E-state index < -0.39 is 0 Å². The molecule has 17 heavy (non-hydrogen) atoms. The lowest BCUT2D eigenvalue weighted by atomic mass is 10.1. The fraction of sp³-hybridized carbons (Fsp3) is 0.462. The molecule has 0 saturated heterocycles. The van der Waals surface area contributed by atoms with E-state index in [0.717, 1.165) is 5.56 Å². The van der Waals surface area contributed by atoms with Crippen molar-refractivity contribution < 1.29 is 5.11 Å². The van der Waals surface area contributed by atoms with Crippen LogP contribution in [0.25, 0.3) is 0 Å². The molecule has 0 aromatic heterocycles. The first kappa shape index (κ1) is 14.0. The summed E-state index contributed by atoms with van der Waals surface area (Å²) in [5.74, 6) is 0. The lowest BCUT2D eigenvalue weighted by Crippen LogP contribution is -2.37. The molecule has 3 nitrogen and oxygen atoms in total. The SMILES string of the molecule is CSC(CO)C(C)NCc1cccc(C#N)c1. The number of aliphatic hydroxyl groups excluding tert-OH is 1. The second-order valence-corrected chi connectivity index (χ2v) is 5.02. The van der Waals surface area contributed by atoms with Crippen molar-refractivity contribution in [2.45, 2.75) is 24.8 Å². The van der Waals surface area contributed by atoms with Crippen molar-refractivity contribution in [3.8, 4) is 6.07 Å². The predicted molar refractivity (Wildman–Crippen MR) is 71.8 cm³/mol. The van der Waals surface area contributed by atoms with Gasteiger partial charge in [0, 0.05) is 17.8 Å². The molecule has 1 aromatic carbocycles. The Labute approximate surface area is 107 Å². The van der Waals surface area contributed by atoms with Gasteiger partial charge in [-0.25, -0.2) is 0 Å². The van der Waals surface area contributed by atoms with Crippen molar-refractivity contribution in [3.63, 3.8) is 0 Å². The minimum atomic E-state index is 0.174. The number of benzene rings is 1. The van der Waals surface area contributed by atoms with Crippen molar-refractivity contribution in [3.05, 3.63) is 35.4 Å². The molecule has 2 atom stereocenters. The molecule has 1 aromatic rings. The molecule has 0 amide bonds. The van der Waals surface area contributed by atoms with E-state index in [4.69, 9.17) is 5.26 Å². The molecular weight excluding hydrogens is 232 g/mol. The summed E-state index contributed by atoms with van der Waals surface area (Å²) >= 11 is 1.66. The van der Waals surface area contributed by atoms with Gasteiger partial charge in [0.15, 0.2) is 0 Å². The summed E-state index contributed by atoms with van der Waals surface area (Å²) in [4.78, 5) is 0. The number of hydrogen-bond donors (Lipinski definition) is 2. The molecule has 4 heteroatoms. The molecule has 0 aliphatic heterocycles. The summed E-state index contributed by atoms with van der Waals surface area (Å²) in [6.07, 6.45) is 2.00. The van der Waals surface area contributed by atoms with Crippen LogP contribution in [0.1, 0.15) is 18.1 Å². The van der Waals surface area contributed by atoms with Gasteiger partial charge in [0.2, 0.25) is 0 Å². The van der Waals surface area contributed by atoms with E-state index >= 15 is 0 Å². The highest BCUT2D eigenvalue weighted by Crippen LogP contribution is 2.11. The zero-order chi connectivity index (χ0) is 12.7. The summed E-state index contributed by atoms with van der Waals surface area (Å²) in [7, 11) is 0. The van der Waals surface area contributed by atoms with E-state index in [9.17, 15) is 5.11 Å². The van der Waals surface area contributed by atoms with Crippen LogP contribution in [-0.4, -0.2) is 29.3 Å². The summed E-state index contributed by atoms with van der Waals surface area (Å²) in [6, 6.07) is 9.92. The van der Waals surface area contributed by atoms with Gasteiger partial charge in [0.1, 0.15) is 0 Å². The largest absolute Gasteiger partial charge is 0.395 e. The van der Waals surface area contributed by atoms with Crippen LogP contribution < -0.4 is 5.32 Å². The van der Waals surface area contributed by atoms with E-state index in [-0.39, 0.29) is 17.9 Å². The molecule has 0 fully saturated rings. The Morgan fingerprint density at radius 1 is 1.53 bits per heavy atom. The number of thioether (sulfide) groups is 1. The Bertz CT molecular complexity index is 385. The third-order valence-corrected chi connectivity index (χ3v) is 3.89. The summed E-state index contributed by atoms with van der Waals surface area (Å²) < 4.78 is 0. The first-order valence-electron chi connectivity index (χ1n) is 5.57. The summed E-state index contributed by atoms with van der Waals surface area (Å²) in [5.41, 5.74) is 1.77. The Morgan fingerprint density at radius 3 is 2.88 bits per heavy atom. The molecule has 0 saturated carbocycles. The fourth-order valence-corrected chi connectivity index (χ4v) is 2.25. The lowest BCUT2D eigenvalue weighted by Gasteiger charge is -2.21. The zero-order valence-electron chi connectivity index (χ0n) is 10.2. The van der Waals surface area contributed by atoms with Crippen LogP contribution in [-0.2, 0) is 6.54 Å². The molecule has 0 aliphatic rings. The van der Waals surface area contributed by atoms with Crippen molar-refractivity contribution in [2.24, 2.45) is 0 Å². The van der Waals surface area contributed by atoms with Crippen molar-refractivity contribution in [1.82, 2.24) is 5.32 Å². The normalized spacial score (nSPS) is 14.0.